The molecule has 2 heteroatoms. The highest BCUT2D eigenvalue weighted by Crippen LogP contribution is 2.42. The van der Waals surface area contributed by atoms with E-state index in [1.807, 2.05) is 0 Å². The molecule has 2 nitrogen and oxygen atoms in total. The van der Waals surface area contributed by atoms with Crippen LogP contribution in [0.25, 0.3) is 11.1 Å². The summed E-state index contributed by atoms with van der Waals surface area (Å²) in [7, 11) is 0. The molecular formula is C38H40N2. The molecule has 40 heavy (non-hydrogen) atoms. The van der Waals surface area contributed by atoms with Crippen molar-refractivity contribution < 1.29 is 0 Å². The highest BCUT2D eigenvalue weighted by atomic mass is 15.1. The van der Waals surface area contributed by atoms with Crippen LogP contribution in [-0.4, -0.2) is 0 Å². The molecule has 0 heterocycles. The number of rotatable bonds is 6. The third-order valence-electron chi connectivity index (χ3n) is 7.37. The average molecular weight is 525 g/mol. The summed E-state index contributed by atoms with van der Waals surface area (Å²) < 4.78 is 0. The van der Waals surface area contributed by atoms with E-state index >= 15 is 0 Å². The van der Waals surface area contributed by atoms with Crippen LogP contribution in [0.2, 0.25) is 0 Å². The largest absolute Gasteiger partial charge is 0.355 e. The number of anilines is 5. The van der Waals surface area contributed by atoms with E-state index in [4.69, 9.17) is 0 Å². The van der Waals surface area contributed by atoms with Crippen LogP contribution >= 0.6 is 0 Å². The maximum atomic E-state index is 3.63. The summed E-state index contributed by atoms with van der Waals surface area (Å²) in [5.74, 6) is 0. The standard InChI is InChI=1S/C38H40N2/c1-37(2,3)29-19-23-31(24-20-29)39-32-15-12-16-34(27-32)40(33-25-21-30(22-26-33)38(4,5)6)36-18-11-10-17-35(36)28-13-8-7-9-14-28/h7-27,39H,1-6H3. The van der Waals surface area contributed by atoms with Gasteiger partial charge in [-0.15, -0.1) is 0 Å². The van der Waals surface area contributed by atoms with Gasteiger partial charge in [0.25, 0.3) is 0 Å². The second-order valence-corrected chi connectivity index (χ2v) is 12.5. The smallest absolute Gasteiger partial charge is 0.0540 e. The first-order chi connectivity index (χ1) is 19.1. The van der Waals surface area contributed by atoms with Crippen LogP contribution in [0, 0.1) is 0 Å². The molecule has 1 N–H and O–H groups in total. The minimum absolute atomic E-state index is 0.0949. The van der Waals surface area contributed by atoms with E-state index < -0.39 is 0 Å². The zero-order chi connectivity index (χ0) is 28.3. The van der Waals surface area contributed by atoms with E-state index in [1.54, 1.807) is 0 Å². The second kappa shape index (κ2) is 11.1. The monoisotopic (exact) mass is 524 g/mol. The SMILES string of the molecule is CC(C)(C)c1ccc(Nc2cccc(N(c3ccc(C(C)(C)C)cc3)c3ccccc3-c3ccccc3)c2)cc1. The molecule has 5 aromatic rings. The van der Waals surface area contributed by atoms with Gasteiger partial charge in [-0.05, 0) is 76.1 Å². The van der Waals surface area contributed by atoms with Crippen LogP contribution < -0.4 is 10.2 Å². The molecule has 0 aliphatic rings. The Morgan fingerprint density at radius 2 is 1.05 bits per heavy atom. The molecule has 0 aromatic heterocycles. The van der Waals surface area contributed by atoms with E-state index in [2.05, 4.69) is 179 Å². The predicted octanol–water partition coefficient (Wildman–Crippen LogP) is 11.2. The molecule has 5 aromatic carbocycles. The van der Waals surface area contributed by atoms with Crippen LogP contribution in [0.1, 0.15) is 52.7 Å². The third kappa shape index (κ3) is 6.13. The Balaban J connectivity index is 1.58. The zero-order valence-electron chi connectivity index (χ0n) is 24.6. The summed E-state index contributed by atoms with van der Waals surface area (Å²) in [5.41, 5.74) is 10.8. The number of para-hydroxylation sites is 1. The van der Waals surface area contributed by atoms with Gasteiger partial charge in [0.2, 0.25) is 0 Å². The maximum absolute atomic E-state index is 3.63. The lowest BCUT2D eigenvalue weighted by Gasteiger charge is -2.29. The fourth-order valence-electron chi connectivity index (χ4n) is 5.01. The third-order valence-corrected chi connectivity index (χ3v) is 7.37. The van der Waals surface area contributed by atoms with Gasteiger partial charge in [-0.1, -0.05) is 120 Å². The molecule has 0 saturated carbocycles. The van der Waals surface area contributed by atoms with Crippen LogP contribution in [0.5, 0.6) is 0 Å². The van der Waals surface area contributed by atoms with Crippen molar-refractivity contribution >= 4 is 28.4 Å². The molecule has 0 unspecified atom stereocenters. The van der Waals surface area contributed by atoms with Gasteiger partial charge in [0.1, 0.15) is 0 Å². The summed E-state index contributed by atoms with van der Waals surface area (Å²) in [6.45, 7) is 13.5. The average Bonchev–Trinajstić information content (AvgIpc) is 2.94. The Morgan fingerprint density at radius 3 is 1.68 bits per heavy atom. The van der Waals surface area contributed by atoms with Crippen LogP contribution in [0.15, 0.2) is 127 Å². The van der Waals surface area contributed by atoms with Crippen molar-refractivity contribution in [1.82, 2.24) is 0 Å². The van der Waals surface area contributed by atoms with Crippen molar-refractivity contribution in [3.63, 3.8) is 0 Å². The van der Waals surface area contributed by atoms with Gasteiger partial charge in [0.15, 0.2) is 0 Å². The molecule has 0 spiro atoms. The predicted molar refractivity (Wildman–Crippen MR) is 174 cm³/mol. The topological polar surface area (TPSA) is 15.3 Å². The van der Waals surface area contributed by atoms with Crippen molar-refractivity contribution in [2.75, 3.05) is 10.2 Å². The van der Waals surface area contributed by atoms with E-state index in [0.29, 0.717) is 0 Å². The summed E-state index contributed by atoms with van der Waals surface area (Å²) in [6, 6.07) is 45.7. The highest BCUT2D eigenvalue weighted by Gasteiger charge is 2.19. The van der Waals surface area contributed by atoms with E-state index in [1.165, 1.54) is 22.3 Å². The Hall–Kier alpha value is -4.30. The Morgan fingerprint density at radius 1 is 0.475 bits per heavy atom. The lowest BCUT2D eigenvalue weighted by Crippen LogP contribution is -2.14. The molecule has 0 amide bonds. The van der Waals surface area contributed by atoms with Gasteiger partial charge in [-0.3, -0.25) is 0 Å². The molecule has 0 aliphatic carbocycles. The zero-order valence-corrected chi connectivity index (χ0v) is 24.6. The van der Waals surface area contributed by atoms with E-state index in [-0.39, 0.29) is 10.8 Å². The van der Waals surface area contributed by atoms with Crippen LogP contribution in [0.3, 0.4) is 0 Å². The normalized spacial score (nSPS) is 11.8. The van der Waals surface area contributed by atoms with Crippen LogP contribution in [-0.2, 0) is 10.8 Å². The first-order valence-corrected chi connectivity index (χ1v) is 14.1. The first-order valence-electron chi connectivity index (χ1n) is 14.1. The summed E-state index contributed by atoms with van der Waals surface area (Å²) in [6.07, 6.45) is 0. The Kier molecular flexibility index (Phi) is 7.54. The molecule has 0 saturated heterocycles. The van der Waals surface area contributed by atoms with Crippen molar-refractivity contribution in [2.45, 2.75) is 52.4 Å². The van der Waals surface area contributed by atoms with Gasteiger partial charge in [0.05, 0.1) is 5.69 Å². The molecule has 0 radical (unpaired) electrons. The van der Waals surface area contributed by atoms with E-state index in [9.17, 15) is 0 Å². The summed E-state index contributed by atoms with van der Waals surface area (Å²) in [5, 5.41) is 3.63. The van der Waals surface area contributed by atoms with Gasteiger partial charge in [-0.25, -0.2) is 0 Å². The lowest BCUT2D eigenvalue weighted by molar-refractivity contribution is 0.590. The summed E-state index contributed by atoms with van der Waals surface area (Å²) in [4.78, 5) is 2.36. The number of nitrogens with one attached hydrogen (secondary N) is 1. The lowest BCUT2D eigenvalue weighted by atomic mass is 9.87. The van der Waals surface area contributed by atoms with Gasteiger partial charge >= 0.3 is 0 Å². The molecule has 202 valence electrons. The first kappa shape index (κ1) is 27.3. The van der Waals surface area contributed by atoms with Crippen molar-refractivity contribution in [3.8, 4) is 11.1 Å². The fraction of sp³-hybridized carbons (Fsp3) is 0.211. The highest BCUT2D eigenvalue weighted by molar-refractivity contribution is 5.88. The molecule has 0 aliphatic heterocycles. The Labute approximate surface area is 240 Å². The Bertz CT molecular complexity index is 1550. The minimum atomic E-state index is 0.0949. The summed E-state index contributed by atoms with van der Waals surface area (Å²) >= 11 is 0. The molecular weight excluding hydrogens is 484 g/mol. The number of hydrogen-bond acceptors (Lipinski definition) is 2. The molecule has 0 fully saturated rings. The van der Waals surface area contributed by atoms with Crippen molar-refractivity contribution in [3.05, 3.63) is 139 Å². The van der Waals surface area contributed by atoms with Gasteiger partial charge < -0.3 is 10.2 Å². The number of benzene rings is 5. The van der Waals surface area contributed by atoms with Crippen molar-refractivity contribution in [2.24, 2.45) is 0 Å². The van der Waals surface area contributed by atoms with Crippen molar-refractivity contribution in [1.29, 1.82) is 0 Å². The number of hydrogen-bond donors (Lipinski definition) is 1. The van der Waals surface area contributed by atoms with Crippen LogP contribution in [0.4, 0.5) is 28.4 Å². The second-order valence-electron chi connectivity index (χ2n) is 12.5. The minimum Gasteiger partial charge on any atom is -0.355 e. The molecule has 0 atom stereocenters. The van der Waals surface area contributed by atoms with Gasteiger partial charge in [0, 0.05) is 28.3 Å². The maximum Gasteiger partial charge on any atom is 0.0540 e. The molecule has 5 rings (SSSR count). The quantitative estimate of drug-likeness (QED) is 0.238. The van der Waals surface area contributed by atoms with E-state index in [0.717, 1.165) is 28.4 Å². The van der Waals surface area contributed by atoms with Gasteiger partial charge in [-0.2, -0.15) is 0 Å². The number of nitrogens with zero attached hydrogens (tertiary/aromatic N) is 1. The molecule has 0 bridgehead atoms. The fourth-order valence-corrected chi connectivity index (χ4v) is 5.01.